The second kappa shape index (κ2) is 23.9. The highest BCUT2D eigenvalue weighted by Crippen LogP contribution is 2.38. The van der Waals surface area contributed by atoms with E-state index in [-0.39, 0.29) is 5.57 Å². The van der Waals surface area contributed by atoms with Gasteiger partial charge in [0.25, 0.3) is 0 Å². The third-order valence-corrected chi connectivity index (χ3v) is 13.2. The lowest BCUT2D eigenvalue weighted by molar-refractivity contribution is -0.404. The van der Waals surface area contributed by atoms with Crippen molar-refractivity contribution in [2.24, 2.45) is 0 Å². The highest BCUT2D eigenvalue weighted by atomic mass is 16.8. The van der Waals surface area contributed by atoms with E-state index in [9.17, 15) is 91.6 Å². The van der Waals surface area contributed by atoms with Gasteiger partial charge in [-0.15, -0.1) is 0 Å². The van der Waals surface area contributed by atoms with Gasteiger partial charge in [-0.2, -0.15) is 0 Å². The smallest absolute Gasteiger partial charge is 0.333 e. The van der Waals surface area contributed by atoms with Crippen LogP contribution in [0.25, 0.3) is 0 Å². The predicted molar refractivity (Wildman–Crippen MR) is 214 cm³/mol. The van der Waals surface area contributed by atoms with Gasteiger partial charge in [0.1, 0.15) is 140 Å². The molecule has 0 aromatic carbocycles. The molecule has 22 saturated heterocycles. The van der Waals surface area contributed by atoms with Crippen molar-refractivity contribution < 1.29 is 153 Å². The summed E-state index contributed by atoms with van der Waals surface area (Å²) in [5.74, 6) is -1.16. The average Bonchev–Trinajstić information content (AvgIpc) is 3.35. The lowest BCUT2D eigenvalue weighted by atomic mass is 9.94. The number of carbonyl (C=O) groups is 1. The van der Waals surface area contributed by atoms with Crippen molar-refractivity contribution >= 4 is 5.97 Å². The molecule has 0 spiro atoms. The molecule has 0 aromatic rings. The molecule has 31 nitrogen and oxygen atoms in total. The second-order valence-corrected chi connectivity index (χ2v) is 18.0. The van der Waals surface area contributed by atoms with E-state index in [1.807, 2.05) is 0 Å². The van der Waals surface area contributed by atoms with Crippen LogP contribution in [0.2, 0.25) is 0 Å². The van der Waals surface area contributed by atoms with Gasteiger partial charge in [0.2, 0.25) is 0 Å². The molecule has 0 saturated carbocycles. The molecule has 22 fully saturated rings. The summed E-state index contributed by atoms with van der Waals surface area (Å²) in [6.45, 7) is -1.44. The molecule has 17 N–H and O–H groups in total. The molecule has 0 aliphatic carbocycles. The molecule has 71 heavy (non-hydrogen) atoms. The minimum absolute atomic E-state index is 0.225. The maximum atomic E-state index is 13.0. The lowest BCUT2D eigenvalue weighted by Gasteiger charge is -2.51. The number of esters is 1. The molecule has 0 unspecified atom stereocenters. The fraction of sp³-hybridized carbons (Fsp3) is 0.925. The second-order valence-electron chi connectivity index (χ2n) is 18.0. The van der Waals surface area contributed by atoms with E-state index >= 15 is 0 Å². The highest BCUT2D eigenvalue weighted by Gasteiger charge is 2.59. The Balaban J connectivity index is 1.23. The van der Waals surface area contributed by atoms with Crippen molar-refractivity contribution in [1.82, 2.24) is 0 Å². The number of aliphatic hydroxyl groups excluding tert-OH is 17. The number of ether oxygens (including phenoxy) is 13. The van der Waals surface area contributed by atoms with Gasteiger partial charge < -0.3 is 148 Å². The van der Waals surface area contributed by atoms with Crippen LogP contribution in [-0.2, 0) is 66.4 Å². The predicted octanol–water partition coefficient (Wildman–Crippen LogP) is -11.9. The van der Waals surface area contributed by atoms with Crippen LogP contribution in [0.1, 0.15) is 6.92 Å². The number of carbonyl (C=O) groups excluding carboxylic acids is 1. The Morgan fingerprint density at radius 3 is 0.746 bits per heavy atom. The van der Waals surface area contributed by atoms with E-state index in [0.717, 1.165) is 0 Å². The first kappa shape index (κ1) is 56.8. The maximum Gasteiger partial charge on any atom is 0.333 e. The Morgan fingerprint density at radius 2 is 0.535 bits per heavy atom. The molecule has 410 valence electrons. The molecule has 22 heterocycles. The molecule has 0 amide bonds. The highest BCUT2D eigenvalue weighted by molar-refractivity contribution is 5.87. The number of aliphatic hydroxyl groups is 17. The summed E-state index contributed by atoms with van der Waals surface area (Å²) in [6.07, 6.45) is -59.5. The van der Waals surface area contributed by atoms with Gasteiger partial charge in [-0.25, -0.2) is 4.79 Å². The topological polar surface area (TPSA) is 481 Å². The first-order valence-electron chi connectivity index (χ1n) is 22.6. The normalized spacial score (nSPS) is 52.1. The van der Waals surface area contributed by atoms with Crippen molar-refractivity contribution in [3.05, 3.63) is 12.2 Å². The van der Waals surface area contributed by atoms with Gasteiger partial charge in [-0.1, -0.05) is 6.58 Å². The zero-order valence-corrected chi connectivity index (χ0v) is 37.6. The first-order chi connectivity index (χ1) is 33.7. The van der Waals surface area contributed by atoms with Gasteiger partial charge in [0.05, 0.1) is 39.6 Å². The monoisotopic (exact) mass is 1040 g/mol. The largest absolute Gasteiger partial charge is 0.453 e. The first-order valence-corrected chi connectivity index (χ1v) is 22.6. The molecule has 31 heteroatoms. The lowest BCUT2D eigenvalue weighted by Crippen LogP contribution is -2.69. The Bertz CT molecular complexity index is 1720. The van der Waals surface area contributed by atoms with Gasteiger partial charge in [0, 0.05) is 5.57 Å². The van der Waals surface area contributed by atoms with E-state index in [1.54, 1.807) is 0 Å². The Hall–Kier alpha value is -1.95. The van der Waals surface area contributed by atoms with Crippen molar-refractivity contribution in [3.63, 3.8) is 0 Å². The van der Waals surface area contributed by atoms with Crippen LogP contribution in [0.5, 0.6) is 0 Å². The van der Waals surface area contributed by atoms with Crippen LogP contribution in [0.15, 0.2) is 12.2 Å². The standard InChI is InChI=1S/C40H64O31/c1-9(2)34(58)65-33-26(57)40-64-15(8-46)32(33)71-39-25(56)20(51)30(13(6-44)63-39)69-37-23(54)18(49)28(11(4-42)61-37)67-35-21(52)16(47)27(10(3-41)59-35)66-36-22(53)17(48)29(12(5-43)60-36)68-38-24(55)19(50)31(70-40)14(7-45)62-38/h10-33,35-57H,1,3-8H2,2H3/t10-,11-,12-,13-,14-,15-,16-,17-,18-,19-,20-,21-,22-,23-,24-,25-,26-,27-,28-,29-,30-,31-,32+,33-,35-,36-,37-,38-,39-,40-/m1/s1. The minimum atomic E-state index is -2.21. The summed E-state index contributed by atoms with van der Waals surface area (Å²) in [7, 11) is 0. The average molecular weight is 1040 g/mol. The van der Waals surface area contributed by atoms with Crippen molar-refractivity contribution in [1.29, 1.82) is 0 Å². The van der Waals surface area contributed by atoms with Gasteiger partial charge in [-0.3, -0.25) is 0 Å². The van der Waals surface area contributed by atoms with Crippen LogP contribution >= 0.6 is 0 Å². The van der Waals surface area contributed by atoms with E-state index < -0.39 is 230 Å². The maximum absolute atomic E-state index is 13.0. The summed E-state index contributed by atoms with van der Waals surface area (Å²) in [5, 5.41) is 187. The van der Waals surface area contributed by atoms with Crippen LogP contribution in [0, 0.1) is 0 Å². The van der Waals surface area contributed by atoms with Gasteiger partial charge >= 0.3 is 5.97 Å². The zero-order chi connectivity index (χ0) is 51.9. The molecule has 22 rings (SSSR count). The summed E-state index contributed by atoms with van der Waals surface area (Å²) in [5.41, 5.74) is -0.225. The Labute approximate surface area is 401 Å². The summed E-state index contributed by atoms with van der Waals surface area (Å²) in [4.78, 5) is 13.0. The molecule has 12 bridgehead atoms. The quantitative estimate of drug-likeness (QED) is 0.0793. The molecule has 22 aliphatic heterocycles. The number of hydrogen-bond acceptors (Lipinski definition) is 31. The summed E-state index contributed by atoms with van der Waals surface area (Å²) >= 11 is 0. The Kier molecular flexibility index (Phi) is 19.1. The van der Waals surface area contributed by atoms with E-state index in [2.05, 4.69) is 6.58 Å². The fourth-order valence-electron chi connectivity index (χ4n) is 9.27. The van der Waals surface area contributed by atoms with E-state index in [1.165, 1.54) is 6.92 Å². The minimum Gasteiger partial charge on any atom is -0.453 e. The molecule has 0 aromatic heterocycles. The molecule has 0 radical (unpaired) electrons. The summed E-state index contributed by atoms with van der Waals surface area (Å²) < 4.78 is 74.2. The van der Waals surface area contributed by atoms with E-state index in [0.29, 0.717) is 0 Å². The van der Waals surface area contributed by atoms with E-state index in [4.69, 9.17) is 61.6 Å². The SMILES string of the molecule is C=C(C)C(=O)O[C@@H]1[C@@H](O)[C@H]2O[C@H]3[C@H](O)[C@@H](O)[C@@H](O[C@H]4[C@H](O)[C@@H](O)[C@@H](O[C@H]5[C@H](O)[C@@H](O)[C@@H](O[C@H]6[C@H](O)[C@@H](O)[C@@H](O[C@H]7[C@H](O)[C@@H](O)[C@@H](O[C@H]1[C@@H](CO)O2)O[C@@H]7CO)O[C@@H]6CO)O[C@@H]5CO)O[C@@H]4CO)O[C@@H]3CO. The van der Waals surface area contributed by atoms with Crippen molar-refractivity contribution in [2.75, 3.05) is 39.6 Å². The van der Waals surface area contributed by atoms with Crippen LogP contribution in [0.4, 0.5) is 0 Å². The number of rotatable bonds is 8. The van der Waals surface area contributed by atoms with Crippen LogP contribution in [-0.4, -0.2) is 317 Å². The van der Waals surface area contributed by atoms with Crippen LogP contribution in [0.3, 0.4) is 0 Å². The summed E-state index contributed by atoms with van der Waals surface area (Å²) in [6, 6.07) is 0. The molecular formula is C40H64O31. The molecule has 22 aliphatic rings. The van der Waals surface area contributed by atoms with Crippen molar-refractivity contribution in [2.45, 2.75) is 191 Å². The third-order valence-electron chi connectivity index (χ3n) is 13.2. The van der Waals surface area contributed by atoms with Crippen LogP contribution < -0.4 is 0 Å². The van der Waals surface area contributed by atoms with Gasteiger partial charge in [-0.05, 0) is 6.92 Å². The van der Waals surface area contributed by atoms with Crippen molar-refractivity contribution in [3.8, 4) is 0 Å². The molecular weight excluding hydrogens is 976 g/mol. The zero-order valence-electron chi connectivity index (χ0n) is 37.6. The fourth-order valence-corrected chi connectivity index (χ4v) is 9.27. The molecule has 30 atom stereocenters. The van der Waals surface area contributed by atoms with Gasteiger partial charge in [0.15, 0.2) is 43.8 Å². The third kappa shape index (κ3) is 11.3. The Morgan fingerprint density at radius 1 is 0.338 bits per heavy atom. The number of hydrogen-bond donors (Lipinski definition) is 17.